The molecule has 0 saturated carbocycles. The van der Waals surface area contributed by atoms with Crippen LogP contribution in [0.15, 0.2) is 47.0 Å². The molecule has 9 nitrogen and oxygen atoms in total. The number of ether oxygens (including phenoxy) is 3. The van der Waals surface area contributed by atoms with E-state index in [1.165, 1.54) is 0 Å². The van der Waals surface area contributed by atoms with Crippen molar-refractivity contribution in [2.45, 2.75) is 25.7 Å². The Bertz CT molecular complexity index is 1140. The summed E-state index contributed by atoms with van der Waals surface area (Å²) in [4.78, 5) is 40.7. The Hall–Kier alpha value is -4.24. The lowest BCUT2D eigenvalue weighted by Crippen LogP contribution is -2.47. The first-order valence-electron chi connectivity index (χ1n) is 9.87. The van der Waals surface area contributed by atoms with Gasteiger partial charge in [0.25, 0.3) is 0 Å². The highest BCUT2D eigenvalue weighted by atomic mass is 16.5. The second kappa shape index (κ2) is 8.86. The molecule has 3 rings (SSSR count). The van der Waals surface area contributed by atoms with Crippen LogP contribution in [0.4, 0.5) is 0 Å². The van der Waals surface area contributed by atoms with E-state index in [1.54, 1.807) is 38.1 Å². The van der Waals surface area contributed by atoms with Gasteiger partial charge in [-0.15, -0.1) is 6.42 Å². The van der Waals surface area contributed by atoms with Crippen LogP contribution >= 0.6 is 0 Å². The van der Waals surface area contributed by atoms with Gasteiger partial charge >= 0.3 is 11.9 Å². The second-order valence-electron chi connectivity index (χ2n) is 6.82. The average molecular weight is 435 g/mol. The zero-order valence-electron chi connectivity index (χ0n) is 17.6. The monoisotopic (exact) mass is 435 g/mol. The first-order valence-corrected chi connectivity index (χ1v) is 9.87. The third-order valence-corrected chi connectivity index (χ3v) is 5.15. The zero-order chi connectivity index (χ0) is 23.5. The van der Waals surface area contributed by atoms with Crippen molar-refractivity contribution in [3.8, 4) is 24.2 Å². The van der Waals surface area contributed by atoms with Crippen molar-refractivity contribution in [3.05, 3.63) is 52.6 Å². The van der Waals surface area contributed by atoms with E-state index in [-0.39, 0.29) is 53.8 Å². The maximum atomic E-state index is 14.0. The predicted molar refractivity (Wildman–Crippen MR) is 111 cm³/mol. The minimum atomic E-state index is -1.97. The number of benzene rings is 1. The summed E-state index contributed by atoms with van der Waals surface area (Å²) < 4.78 is 15.8. The number of carbonyl (C=O) groups is 3. The maximum absolute atomic E-state index is 14.0. The van der Waals surface area contributed by atoms with E-state index in [1.807, 2.05) is 6.07 Å². The number of hydrogen-bond donors (Lipinski definition) is 1. The van der Waals surface area contributed by atoms with Crippen molar-refractivity contribution >= 4 is 17.8 Å². The van der Waals surface area contributed by atoms with Crippen molar-refractivity contribution in [1.82, 2.24) is 4.90 Å². The minimum absolute atomic E-state index is 0.00195. The fourth-order valence-electron chi connectivity index (χ4n) is 4.02. The van der Waals surface area contributed by atoms with Gasteiger partial charge in [-0.05, 0) is 19.9 Å². The van der Waals surface area contributed by atoms with Crippen molar-refractivity contribution in [2.24, 2.45) is 5.73 Å². The van der Waals surface area contributed by atoms with Crippen LogP contribution in [-0.2, 0) is 29.3 Å². The SMILES string of the molecule is C#CCN1C(=O)C2(C(C#N)=C(N)Oc3ccccc32)C(C(=O)OCC)=C1CC(=O)OCC. The number of terminal acetylenes is 1. The highest BCUT2D eigenvalue weighted by Gasteiger charge is 2.62. The number of nitrogens with zero attached hydrogens (tertiary/aromatic N) is 2. The Morgan fingerprint density at radius 3 is 2.56 bits per heavy atom. The van der Waals surface area contributed by atoms with Gasteiger partial charge in [0.2, 0.25) is 11.8 Å². The number of nitriles is 1. The van der Waals surface area contributed by atoms with Crippen LogP contribution < -0.4 is 10.5 Å². The van der Waals surface area contributed by atoms with Gasteiger partial charge in [0.05, 0.1) is 31.8 Å². The van der Waals surface area contributed by atoms with Crippen molar-refractivity contribution < 1.29 is 28.6 Å². The van der Waals surface area contributed by atoms with E-state index in [0.29, 0.717) is 0 Å². The molecule has 0 radical (unpaired) electrons. The molecule has 1 aromatic carbocycles. The summed E-state index contributed by atoms with van der Waals surface area (Å²) in [6.07, 6.45) is 5.05. The summed E-state index contributed by atoms with van der Waals surface area (Å²) in [5.41, 5.74) is 3.79. The van der Waals surface area contributed by atoms with Gasteiger partial charge in [0.1, 0.15) is 17.4 Å². The number of esters is 2. The topological polar surface area (TPSA) is 132 Å². The average Bonchev–Trinajstić information content (AvgIpc) is 2.98. The third kappa shape index (κ3) is 3.25. The van der Waals surface area contributed by atoms with E-state index < -0.39 is 29.7 Å². The highest BCUT2D eigenvalue weighted by molar-refractivity contribution is 6.13. The van der Waals surface area contributed by atoms with Crippen LogP contribution in [0.2, 0.25) is 0 Å². The lowest BCUT2D eigenvalue weighted by Gasteiger charge is -2.35. The third-order valence-electron chi connectivity index (χ3n) is 5.15. The molecule has 2 N–H and O–H groups in total. The highest BCUT2D eigenvalue weighted by Crippen LogP contribution is 2.54. The van der Waals surface area contributed by atoms with Gasteiger partial charge in [-0.3, -0.25) is 9.59 Å². The molecule has 32 heavy (non-hydrogen) atoms. The Morgan fingerprint density at radius 1 is 1.25 bits per heavy atom. The van der Waals surface area contributed by atoms with Crippen LogP contribution in [-0.4, -0.2) is 42.5 Å². The number of carbonyl (C=O) groups excluding carboxylic acids is 3. The lowest BCUT2D eigenvalue weighted by molar-refractivity contribution is -0.142. The normalized spacial score (nSPS) is 19.2. The molecule has 1 spiro atoms. The molecule has 9 heteroatoms. The van der Waals surface area contributed by atoms with Crippen LogP contribution in [0.3, 0.4) is 0 Å². The quantitative estimate of drug-likeness (QED) is 0.522. The molecule has 0 aliphatic carbocycles. The Morgan fingerprint density at radius 2 is 1.94 bits per heavy atom. The molecule has 0 fully saturated rings. The van der Waals surface area contributed by atoms with E-state index in [0.717, 1.165) is 4.90 Å². The van der Waals surface area contributed by atoms with Gasteiger partial charge < -0.3 is 24.8 Å². The first-order chi connectivity index (χ1) is 15.4. The fraction of sp³-hybridized carbons (Fsp3) is 0.304. The fourth-order valence-corrected chi connectivity index (χ4v) is 4.02. The van der Waals surface area contributed by atoms with E-state index in [2.05, 4.69) is 5.92 Å². The molecule has 1 atom stereocenters. The van der Waals surface area contributed by atoms with Crippen LogP contribution in [0.1, 0.15) is 25.8 Å². The van der Waals surface area contributed by atoms with Crippen molar-refractivity contribution in [2.75, 3.05) is 19.8 Å². The largest absolute Gasteiger partial charge is 0.466 e. The standard InChI is InChI=1S/C23H21N3O6/c1-4-11-26-16(12-18(27)30-5-2)19(21(28)31-6-3)23(22(26)29)14-9-7-8-10-17(14)32-20(25)15(23)13-24/h1,7-10H,5-6,11-12,25H2,2-3H3. The molecule has 2 aliphatic heterocycles. The Balaban J connectivity index is 2.44. The predicted octanol–water partition coefficient (Wildman–Crippen LogP) is 1.26. The molecule has 164 valence electrons. The molecule has 1 amide bonds. The van der Waals surface area contributed by atoms with Gasteiger partial charge in [-0.1, -0.05) is 24.1 Å². The Labute approximate surface area is 185 Å². The number of amides is 1. The van der Waals surface area contributed by atoms with E-state index in [4.69, 9.17) is 26.4 Å². The summed E-state index contributed by atoms with van der Waals surface area (Å²) in [6.45, 7) is 3.07. The molecule has 0 bridgehead atoms. The molecule has 1 unspecified atom stereocenters. The molecule has 1 aromatic rings. The maximum Gasteiger partial charge on any atom is 0.337 e. The molecule has 0 saturated heterocycles. The molecule has 2 heterocycles. The van der Waals surface area contributed by atoms with Crippen molar-refractivity contribution in [1.29, 1.82) is 5.26 Å². The number of rotatable bonds is 6. The van der Waals surface area contributed by atoms with Gasteiger partial charge in [0, 0.05) is 11.3 Å². The zero-order valence-corrected chi connectivity index (χ0v) is 17.6. The number of nitrogens with two attached hydrogens (primary N) is 1. The summed E-state index contributed by atoms with van der Waals surface area (Å²) >= 11 is 0. The van der Waals surface area contributed by atoms with Crippen LogP contribution in [0.5, 0.6) is 5.75 Å². The molecular formula is C23H21N3O6. The van der Waals surface area contributed by atoms with Crippen molar-refractivity contribution in [3.63, 3.8) is 0 Å². The summed E-state index contributed by atoms with van der Waals surface area (Å²) in [6, 6.07) is 8.32. The second-order valence-corrected chi connectivity index (χ2v) is 6.82. The van der Waals surface area contributed by atoms with E-state index >= 15 is 0 Å². The van der Waals surface area contributed by atoms with Crippen LogP contribution in [0, 0.1) is 23.7 Å². The van der Waals surface area contributed by atoms with Gasteiger partial charge in [-0.25, -0.2) is 4.79 Å². The summed E-state index contributed by atoms with van der Waals surface area (Å²) in [5, 5.41) is 9.98. The molecular weight excluding hydrogens is 414 g/mol. The van der Waals surface area contributed by atoms with Gasteiger partial charge in [0.15, 0.2) is 5.41 Å². The van der Waals surface area contributed by atoms with E-state index in [9.17, 15) is 19.6 Å². The van der Waals surface area contributed by atoms with Gasteiger partial charge in [-0.2, -0.15) is 5.26 Å². The molecule has 2 aliphatic rings. The summed E-state index contributed by atoms with van der Waals surface area (Å²) in [5.74, 6) is -0.0329. The summed E-state index contributed by atoms with van der Waals surface area (Å²) in [7, 11) is 0. The first kappa shape index (κ1) is 22.4. The lowest BCUT2D eigenvalue weighted by atomic mass is 9.68. The number of fused-ring (bicyclic) bond motifs is 2. The molecule has 0 aromatic heterocycles. The smallest absolute Gasteiger partial charge is 0.337 e. The minimum Gasteiger partial charge on any atom is -0.466 e. The Kier molecular flexibility index (Phi) is 6.22. The number of hydrogen-bond acceptors (Lipinski definition) is 8. The van der Waals surface area contributed by atoms with Crippen LogP contribution in [0.25, 0.3) is 0 Å². The number of para-hydroxylation sites is 1.